The van der Waals surface area contributed by atoms with Crippen LogP contribution in [0.5, 0.6) is 0 Å². The lowest BCUT2D eigenvalue weighted by molar-refractivity contribution is -0.123. The molecule has 1 amide bonds. The number of aromatic nitrogens is 2. The number of nitrogens with one attached hydrogen (secondary N) is 1. The van der Waals surface area contributed by atoms with Gasteiger partial charge in [0.2, 0.25) is 5.91 Å². The molecular formula is C16H22ClN3O. The molecule has 0 aliphatic rings. The lowest BCUT2D eigenvalue weighted by Crippen LogP contribution is -2.32. The van der Waals surface area contributed by atoms with Crippen molar-refractivity contribution in [2.75, 3.05) is 12.4 Å². The minimum atomic E-state index is -0.290. The molecule has 0 radical (unpaired) electrons. The van der Waals surface area contributed by atoms with Gasteiger partial charge in [0, 0.05) is 18.8 Å². The standard InChI is InChI=1S/C16H22ClN3O/c1-4-9-18-16(21)12(3)20-14-10-11(2)5-6-13(14)19-15(20)7-8-17/h5-6,10,12H,4,7-9H2,1-3H3,(H,18,21). The van der Waals surface area contributed by atoms with Gasteiger partial charge in [0.1, 0.15) is 11.9 Å². The quantitative estimate of drug-likeness (QED) is 0.833. The van der Waals surface area contributed by atoms with Crippen LogP contribution in [-0.2, 0) is 11.2 Å². The fourth-order valence-corrected chi connectivity index (χ4v) is 2.63. The predicted octanol–water partition coefficient (Wildman–Crippen LogP) is 3.21. The summed E-state index contributed by atoms with van der Waals surface area (Å²) in [4.78, 5) is 16.9. The first kappa shape index (κ1) is 15.8. The molecule has 21 heavy (non-hydrogen) atoms. The Balaban J connectivity index is 2.45. The Bertz CT molecular complexity index is 636. The first-order valence-corrected chi connectivity index (χ1v) is 7.93. The van der Waals surface area contributed by atoms with Gasteiger partial charge in [-0.05, 0) is 38.0 Å². The number of carbonyl (C=O) groups excluding carboxylic acids is 1. The third-order valence-electron chi connectivity index (χ3n) is 3.55. The number of hydrogen-bond acceptors (Lipinski definition) is 2. The van der Waals surface area contributed by atoms with Crippen LogP contribution in [0.25, 0.3) is 11.0 Å². The summed E-state index contributed by atoms with van der Waals surface area (Å²) in [7, 11) is 0. The number of benzene rings is 1. The molecule has 0 bridgehead atoms. The van der Waals surface area contributed by atoms with Crippen molar-refractivity contribution in [3.05, 3.63) is 29.6 Å². The van der Waals surface area contributed by atoms with Gasteiger partial charge in [-0.25, -0.2) is 4.98 Å². The summed E-state index contributed by atoms with van der Waals surface area (Å²) in [6.45, 7) is 6.69. The molecule has 2 aromatic rings. The summed E-state index contributed by atoms with van der Waals surface area (Å²) >= 11 is 5.88. The number of hydrogen-bond donors (Lipinski definition) is 1. The number of alkyl halides is 1. The highest BCUT2D eigenvalue weighted by atomic mass is 35.5. The van der Waals surface area contributed by atoms with Crippen LogP contribution < -0.4 is 5.32 Å². The third kappa shape index (κ3) is 3.38. The molecule has 0 saturated carbocycles. The van der Waals surface area contributed by atoms with Crippen molar-refractivity contribution in [3.8, 4) is 0 Å². The number of halogens is 1. The van der Waals surface area contributed by atoms with E-state index in [4.69, 9.17) is 11.6 Å². The average Bonchev–Trinajstić information content (AvgIpc) is 2.81. The van der Waals surface area contributed by atoms with Crippen LogP contribution in [0.4, 0.5) is 0 Å². The van der Waals surface area contributed by atoms with Gasteiger partial charge in [-0.3, -0.25) is 4.79 Å². The minimum Gasteiger partial charge on any atom is -0.354 e. The topological polar surface area (TPSA) is 46.9 Å². The zero-order valence-electron chi connectivity index (χ0n) is 12.8. The molecule has 1 unspecified atom stereocenters. The maximum absolute atomic E-state index is 12.3. The second-order valence-electron chi connectivity index (χ2n) is 5.30. The van der Waals surface area contributed by atoms with Gasteiger partial charge < -0.3 is 9.88 Å². The lowest BCUT2D eigenvalue weighted by Gasteiger charge is -2.17. The van der Waals surface area contributed by atoms with Crippen LogP contribution in [0.1, 0.15) is 37.7 Å². The molecule has 0 spiro atoms. The van der Waals surface area contributed by atoms with Gasteiger partial charge in [0.05, 0.1) is 11.0 Å². The summed E-state index contributed by atoms with van der Waals surface area (Å²) < 4.78 is 2.01. The zero-order chi connectivity index (χ0) is 15.4. The van der Waals surface area contributed by atoms with Crippen molar-refractivity contribution in [3.63, 3.8) is 0 Å². The Kier molecular flexibility index (Phi) is 5.23. The summed E-state index contributed by atoms with van der Waals surface area (Å²) in [5.74, 6) is 1.38. The molecular weight excluding hydrogens is 286 g/mol. The van der Waals surface area contributed by atoms with Crippen molar-refractivity contribution in [2.45, 2.75) is 39.7 Å². The molecule has 0 aliphatic carbocycles. The molecule has 1 aromatic heterocycles. The third-order valence-corrected chi connectivity index (χ3v) is 3.74. The molecule has 1 N–H and O–H groups in total. The number of nitrogens with zero attached hydrogens (tertiary/aromatic N) is 2. The van der Waals surface area contributed by atoms with Gasteiger partial charge in [0.15, 0.2) is 0 Å². The first-order valence-electron chi connectivity index (χ1n) is 7.39. The highest BCUT2D eigenvalue weighted by Crippen LogP contribution is 2.23. The van der Waals surface area contributed by atoms with Crippen molar-refractivity contribution >= 4 is 28.5 Å². The molecule has 0 fully saturated rings. The van der Waals surface area contributed by atoms with Crippen LogP contribution in [0.3, 0.4) is 0 Å². The van der Waals surface area contributed by atoms with Gasteiger partial charge in [-0.1, -0.05) is 13.0 Å². The van der Waals surface area contributed by atoms with Crippen molar-refractivity contribution < 1.29 is 4.79 Å². The van der Waals surface area contributed by atoms with E-state index in [0.29, 0.717) is 18.8 Å². The Morgan fingerprint density at radius 3 is 2.90 bits per heavy atom. The van der Waals surface area contributed by atoms with Crippen LogP contribution >= 0.6 is 11.6 Å². The minimum absolute atomic E-state index is 0.0217. The lowest BCUT2D eigenvalue weighted by atomic mass is 10.2. The van der Waals surface area contributed by atoms with E-state index in [2.05, 4.69) is 16.4 Å². The summed E-state index contributed by atoms with van der Waals surface area (Å²) in [6.07, 6.45) is 1.58. The maximum Gasteiger partial charge on any atom is 0.242 e. The molecule has 0 aliphatic heterocycles. The largest absolute Gasteiger partial charge is 0.354 e. The van der Waals surface area contributed by atoms with Crippen LogP contribution in [-0.4, -0.2) is 27.9 Å². The second kappa shape index (κ2) is 6.94. The van der Waals surface area contributed by atoms with Gasteiger partial charge >= 0.3 is 0 Å². The normalized spacial score (nSPS) is 12.6. The van der Waals surface area contributed by atoms with E-state index in [1.54, 1.807) is 0 Å². The van der Waals surface area contributed by atoms with Crippen LogP contribution in [0, 0.1) is 6.92 Å². The molecule has 0 saturated heterocycles. The second-order valence-corrected chi connectivity index (χ2v) is 5.67. The summed E-state index contributed by atoms with van der Waals surface area (Å²) in [5, 5.41) is 2.95. The van der Waals surface area contributed by atoms with Crippen LogP contribution in [0.2, 0.25) is 0 Å². The number of amides is 1. The first-order chi connectivity index (χ1) is 10.1. The van der Waals surface area contributed by atoms with E-state index < -0.39 is 0 Å². The smallest absolute Gasteiger partial charge is 0.242 e. The van der Waals surface area contributed by atoms with Crippen molar-refractivity contribution in [1.82, 2.24) is 14.9 Å². The maximum atomic E-state index is 12.3. The van der Waals surface area contributed by atoms with Crippen molar-refractivity contribution in [2.24, 2.45) is 0 Å². The molecule has 1 heterocycles. The van der Waals surface area contributed by atoms with E-state index in [0.717, 1.165) is 28.8 Å². The Labute approximate surface area is 130 Å². The molecule has 4 nitrogen and oxygen atoms in total. The number of aryl methyl sites for hydroxylation is 2. The van der Waals surface area contributed by atoms with Crippen molar-refractivity contribution in [1.29, 1.82) is 0 Å². The summed E-state index contributed by atoms with van der Waals surface area (Å²) in [5.41, 5.74) is 3.06. The van der Waals surface area contributed by atoms with E-state index in [1.807, 2.05) is 37.5 Å². The van der Waals surface area contributed by atoms with E-state index in [-0.39, 0.29) is 11.9 Å². The molecule has 2 rings (SSSR count). The average molecular weight is 308 g/mol. The van der Waals surface area contributed by atoms with E-state index in [1.165, 1.54) is 0 Å². The fourth-order valence-electron chi connectivity index (χ4n) is 2.46. The van der Waals surface area contributed by atoms with Gasteiger partial charge in [-0.15, -0.1) is 11.6 Å². The molecule has 5 heteroatoms. The van der Waals surface area contributed by atoms with Gasteiger partial charge in [0.25, 0.3) is 0 Å². The highest BCUT2D eigenvalue weighted by molar-refractivity contribution is 6.17. The van der Waals surface area contributed by atoms with Gasteiger partial charge in [-0.2, -0.15) is 0 Å². The number of imidazole rings is 1. The Morgan fingerprint density at radius 2 is 2.24 bits per heavy atom. The number of carbonyl (C=O) groups is 1. The molecule has 1 aromatic carbocycles. The Morgan fingerprint density at radius 1 is 1.48 bits per heavy atom. The van der Waals surface area contributed by atoms with Crippen LogP contribution in [0.15, 0.2) is 18.2 Å². The predicted molar refractivity (Wildman–Crippen MR) is 86.9 cm³/mol. The number of fused-ring (bicyclic) bond motifs is 1. The zero-order valence-corrected chi connectivity index (χ0v) is 13.6. The van der Waals surface area contributed by atoms with E-state index in [9.17, 15) is 4.79 Å². The number of rotatable bonds is 6. The SMILES string of the molecule is CCCNC(=O)C(C)n1c(CCCl)nc2ccc(C)cc21. The monoisotopic (exact) mass is 307 g/mol. The molecule has 1 atom stereocenters. The van der Waals surface area contributed by atoms with E-state index >= 15 is 0 Å². The summed E-state index contributed by atoms with van der Waals surface area (Å²) in [6, 6.07) is 5.81. The molecule has 114 valence electrons. The fraction of sp³-hybridized carbons (Fsp3) is 0.500. The highest BCUT2D eigenvalue weighted by Gasteiger charge is 2.20. The Hall–Kier alpha value is -1.55.